The fourth-order valence-electron chi connectivity index (χ4n) is 3.19. The molecule has 134 valence electrons. The summed E-state index contributed by atoms with van der Waals surface area (Å²) < 4.78 is 0. The number of fused-ring (bicyclic) bond motifs is 1. The summed E-state index contributed by atoms with van der Waals surface area (Å²) in [4.78, 5) is 18.4. The van der Waals surface area contributed by atoms with Crippen molar-refractivity contribution in [1.29, 1.82) is 0 Å². The van der Waals surface area contributed by atoms with E-state index in [0.29, 0.717) is 0 Å². The molecule has 0 fully saturated rings. The van der Waals surface area contributed by atoms with Crippen LogP contribution in [0.15, 0.2) is 73.2 Å². The van der Waals surface area contributed by atoms with Crippen LogP contribution in [0.25, 0.3) is 44.9 Å². The van der Waals surface area contributed by atoms with Gasteiger partial charge in [0.05, 0.1) is 40.0 Å². The lowest BCUT2D eigenvalue weighted by molar-refractivity contribution is 1.08. The van der Waals surface area contributed by atoms with Gasteiger partial charge in [-0.05, 0) is 49.4 Å². The average molecular weight is 364 g/mol. The summed E-state index contributed by atoms with van der Waals surface area (Å²) in [5, 5.41) is 7.27. The van der Waals surface area contributed by atoms with Gasteiger partial charge in [0.1, 0.15) is 0 Å². The number of pyridine rings is 4. The van der Waals surface area contributed by atoms with E-state index in [9.17, 15) is 0 Å². The van der Waals surface area contributed by atoms with Crippen molar-refractivity contribution in [3.8, 4) is 33.9 Å². The van der Waals surface area contributed by atoms with Crippen LogP contribution in [0.4, 0.5) is 0 Å². The summed E-state index contributed by atoms with van der Waals surface area (Å²) in [6.07, 6.45) is 5.38. The van der Waals surface area contributed by atoms with Crippen LogP contribution in [0, 0.1) is 6.92 Å². The second-order valence-electron chi connectivity index (χ2n) is 6.50. The van der Waals surface area contributed by atoms with Crippen molar-refractivity contribution in [3.05, 3.63) is 78.9 Å². The Hall–Kier alpha value is -3.93. The van der Waals surface area contributed by atoms with Crippen LogP contribution in [0.5, 0.6) is 0 Å². The van der Waals surface area contributed by atoms with E-state index in [1.807, 2.05) is 67.7 Å². The van der Waals surface area contributed by atoms with Crippen molar-refractivity contribution in [2.45, 2.75) is 6.92 Å². The molecule has 0 aliphatic heterocycles. The highest BCUT2D eigenvalue weighted by molar-refractivity contribution is 5.84. The summed E-state index contributed by atoms with van der Waals surface area (Å²) in [6, 6.07) is 17.7. The third-order valence-corrected chi connectivity index (χ3v) is 4.56. The average Bonchev–Trinajstić information content (AvgIpc) is 3.23. The Balaban J connectivity index is 1.62. The number of aromatic amines is 1. The number of aryl methyl sites for hydroxylation is 1. The monoisotopic (exact) mass is 364 g/mol. The number of nitrogens with one attached hydrogen (secondary N) is 1. The first kappa shape index (κ1) is 16.3. The van der Waals surface area contributed by atoms with Gasteiger partial charge in [0, 0.05) is 29.2 Å². The lowest BCUT2D eigenvalue weighted by atomic mass is 10.1. The standard InChI is InChI=1S/C22H16N6/c1-14-5-4-7-20(26-14)22-16(13-25-28-22)18-8-9-19-21(27-18)11-15(12-24-19)17-6-2-3-10-23-17/h2-13H,1H3,(H,25,28). The summed E-state index contributed by atoms with van der Waals surface area (Å²) in [5.74, 6) is 0. The largest absolute Gasteiger partial charge is 0.276 e. The Morgan fingerprint density at radius 3 is 2.54 bits per heavy atom. The van der Waals surface area contributed by atoms with Crippen LogP contribution in [0.1, 0.15) is 5.69 Å². The van der Waals surface area contributed by atoms with Gasteiger partial charge < -0.3 is 0 Å². The Morgan fingerprint density at radius 1 is 0.750 bits per heavy atom. The third kappa shape index (κ3) is 2.91. The lowest BCUT2D eigenvalue weighted by Gasteiger charge is -2.06. The molecule has 0 aromatic carbocycles. The van der Waals surface area contributed by atoms with Gasteiger partial charge in [0.15, 0.2) is 0 Å². The van der Waals surface area contributed by atoms with E-state index in [1.54, 1.807) is 12.4 Å². The van der Waals surface area contributed by atoms with Gasteiger partial charge in [-0.15, -0.1) is 0 Å². The summed E-state index contributed by atoms with van der Waals surface area (Å²) in [5.41, 5.74) is 7.82. The minimum absolute atomic E-state index is 0.810. The van der Waals surface area contributed by atoms with Gasteiger partial charge in [-0.3, -0.25) is 20.1 Å². The van der Waals surface area contributed by atoms with Crippen molar-refractivity contribution in [2.24, 2.45) is 0 Å². The SMILES string of the molecule is Cc1cccc(-c2[nH]ncc2-c2ccc3ncc(-c4ccccn4)cc3n2)n1. The molecule has 0 aliphatic rings. The Labute approximate surface area is 161 Å². The number of H-pyrrole nitrogens is 1. The molecule has 0 saturated carbocycles. The second kappa shape index (κ2) is 6.66. The van der Waals surface area contributed by atoms with E-state index in [4.69, 9.17) is 4.98 Å². The highest BCUT2D eigenvalue weighted by Gasteiger charge is 2.13. The van der Waals surface area contributed by atoms with Crippen LogP contribution < -0.4 is 0 Å². The minimum atomic E-state index is 0.810. The molecular weight excluding hydrogens is 348 g/mol. The molecule has 0 amide bonds. The molecule has 1 N–H and O–H groups in total. The minimum Gasteiger partial charge on any atom is -0.276 e. The maximum Gasteiger partial charge on any atom is 0.0928 e. The second-order valence-corrected chi connectivity index (χ2v) is 6.50. The van der Waals surface area contributed by atoms with E-state index in [1.165, 1.54) is 0 Å². The molecule has 0 spiro atoms. The molecular formula is C22H16N6. The lowest BCUT2D eigenvalue weighted by Crippen LogP contribution is -1.92. The molecule has 6 nitrogen and oxygen atoms in total. The summed E-state index contributed by atoms with van der Waals surface area (Å²) in [7, 11) is 0. The van der Waals surface area contributed by atoms with E-state index in [0.717, 1.165) is 50.6 Å². The highest BCUT2D eigenvalue weighted by Crippen LogP contribution is 2.29. The Kier molecular flexibility index (Phi) is 3.87. The molecule has 5 aromatic rings. The molecule has 0 unspecified atom stereocenters. The van der Waals surface area contributed by atoms with Crippen molar-refractivity contribution < 1.29 is 0 Å². The quantitative estimate of drug-likeness (QED) is 0.511. The Morgan fingerprint density at radius 2 is 1.68 bits per heavy atom. The number of hydrogen-bond acceptors (Lipinski definition) is 5. The van der Waals surface area contributed by atoms with Crippen LogP contribution >= 0.6 is 0 Å². The number of hydrogen-bond donors (Lipinski definition) is 1. The fourth-order valence-corrected chi connectivity index (χ4v) is 3.19. The van der Waals surface area contributed by atoms with Crippen molar-refractivity contribution in [1.82, 2.24) is 30.1 Å². The molecule has 6 heteroatoms. The van der Waals surface area contributed by atoms with Gasteiger partial charge in [-0.1, -0.05) is 12.1 Å². The number of nitrogens with zero attached hydrogens (tertiary/aromatic N) is 5. The zero-order chi connectivity index (χ0) is 18.9. The maximum atomic E-state index is 4.83. The molecule has 28 heavy (non-hydrogen) atoms. The predicted octanol–water partition coefficient (Wildman–Crippen LogP) is 4.45. The topological polar surface area (TPSA) is 80.2 Å². The van der Waals surface area contributed by atoms with Crippen molar-refractivity contribution in [2.75, 3.05) is 0 Å². The first-order valence-corrected chi connectivity index (χ1v) is 8.94. The number of rotatable bonds is 3. The normalized spacial score (nSPS) is 11.0. The predicted molar refractivity (Wildman–Crippen MR) is 108 cm³/mol. The van der Waals surface area contributed by atoms with Crippen molar-refractivity contribution in [3.63, 3.8) is 0 Å². The molecule has 0 bridgehead atoms. The molecule has 5 rings (SSSR count). The van der Waals surface area contributed by atoms with Gasteiger partial charge in [-0.2, -0.15) is 5.10 Å². The fraction of sp³-hybridized carbons (Fsp3) is 0.0455. The zero-order valence-electron chi connectivity index (χ0n) is 15.2. The molecule has 5 aromatic heterocycles. The van der Waals surface area contributed by atoms with Crippen LogP contribution in [0.2, 0.25) is 0 Å². The first-order valence-electron chi connectivity index (χ1n) is 8.94. The van der Waals surface area contributed by atoms with Crippen LogP contribution in [0.3, 0.4) is 0 Å². The van der Waals surface area contributed by atoms with Crippen molar-refractivity contribution >= 4 is 11.0 Å². The van der Waals surface area contributed by atoms with E-state index >= 15 is 0 Å². The van der Waals surface area contributed by atoms with E-state index in [-0.39, 0.29) is 0 Å². The molecule has 5 heterocycles. The Bertz CT molecular complexity index is 1280. The smallest absolute Gasteiger partial charge is 0.0928 e. The van der Waals surface area contributed by atoms with Gasteiger partial charge >= 0.3 is 0 Å². The molecule has 0 atom stereocenters. The molecule has 0 aliphatic carbocycles. The number of aromatic nitrogens is 6. The van der Waals surface area contributed by atoms with Crippen LogP contribution in [-0.2, 0) is 0 Å². The first-order chi connectivity index (χ1) is 13.8. The highest BCUT2D eigenvalue weighted by atomic mass is 15.1. The zero-order valence-corrected chi connectivity index (χ0v) is 15.2. The van der Waals surface area contributed by atoms with Gasteiger partial charge in [-0.25, -0.2) is 4.98 Å². The van der Waals surface area contributed by atoms with E-state index < -0.39 is 0 Å². The summed E-state index contributed by atoms with van der Waals surface area (Å²) >= 11 is 0. The summed E-state index contributed by atoms with van der Waals surface area (Å²) in [6.45, 7) is 1.97. The van der Waals surface area contributed by atoms with E-state index in [2.05, 4.69) is 25.1 Å². The van der Waals surface area contributed by atoms with Gasteiger partial charge in [0.25, 0.3) is 0 Å². The third-order valence-electron chi connectivity index (χ3n) is 4.56. The maximum absolute atomic E-state index is 4.83. The molecule has 0 radical (unpaired) electrons. The van der Waals surface area contributed by atoms with Crippen LogP contribution in [-0.4, -0.2) is 30.1 Å². The molecule has 0 saturated heterocycles. The van der Waals surface area contributed by atoms with Gasteiger partial charge in [0.2, 0.25) is 0 Å².